The molecule has 0 saturated heterocycles. The molecule has 0 radical (unpaired) electrons. The molecule has 0 fully saturated rings. The number of ether oxygens (including phenoxy) is 1. The first-order valence-corrected chi connectivity index (χ1v) is 7.08. The van der Waals surface area contributed by atoms with Crippen LogP contribution in [0.25, 0.3) is 0 Å². The number of nitrogens with zero attached hydrogens (tertiary/aromatic N) is 2. The summed E-state index contributed by atoms with van der Waals surface area (Å²) < 4.78 is 16.2. The SMILES string of the molecule is CCNc1ncnc(NCCS(C)=O)c1OC. The lowest BCUT2D eigenvalue weighted by Crippen LogP contribution is -2.13. The highest BCUT2D eigenvalue weighted by molar-refractivity contribution is 7.84. The Labute approximate surface area is 104 Å². The molecule has 1 rings (SSSR count). The number of anilines is 2. The van der Waals surface area contributed by atoms with Crippen molar-refractivity contribution in [2.24, 2.45) is 0 Å². The predicted molar refractivity (Wildman–Crippen MR) is 70.2 cm³/mol. The van der Waals surface area contributed by atoms with Crippen LogP contribution in [0.4, 0.5) is 11.6 Å². The van der Waals surface area contributed by atoms with Gasteiger partial charge in [0.25, 0.3) is 0 Å². The molecule has 1 unspecified atom stereocenters. The number of aromatic nitrogens is 2. The third-order valence-electron chi connectivity index (χ3n) is 2.03. The van der Waals surface area contributed by atoms with E-state index in [1.165, 1.54) is 6.33 Å². The second kappa shape index (κ2) is 7.05. The van der Waals surface area contributed by atoms with E-state index in [0.717, 1.165) is 6.54 Å². The molecule has 1 aromatic heterocycles. The lowest BCUT2D eigenvalue weighted by molar-refractivity contribution is 0.414. The van der Waals surface area contributed by atoms with Gasteiger partial charge in [-0.25, -0.2) is 9.97 Å². The zero-order valence-electron chi connectivity index (χ0n) is 10.3. The third-order valence-corrected chi connectivity index (χ3v) is 2.81. The second-order valence-corrected chi connectivity index (χ2v) is 4.89. The number of methoxy groups -OCH3 is 1. The summed E-state index contributed by atoms with van der Waals surface area (Å²) in [6, 6.07) is 0. The average Bonchev–Trinajstić information content (AvgIpc) is 2.29. The smallest absolute Gasteiger partial charge is 0.204 e. The van der Waals surface area contributed by atoms with E-state index in [0.29, 0.717) is 29.7 Å². The Kier molecular flexibility index (Phi) is 5.68. The highest BCUT2D eigenvalue weighted by Crippen LogP contribution is 2.28. The Morgan fingerprint density at radius 1 is 1.35 bits per heavy atom. The second-order valence-electron chi connectivity index (χ2n) is 3.34. The Balaban J connectivity index is 2.76. The molecule has 0 aliphatic heterocycles. The predicted octanol–water partition coefficient (Wildman–Crippen LogP) is 0.707. The normalized spacial score (nSPS) is 11.9. The molecule has 0 saturated carbocycles. The monoisotopic (exact) mass is 258 g/mol. The summed E-state index contributed by atoms with van der Waals surface area (Å²) in [4.78, 5) is 8.20. The number of nitrogens with one attached hydrogen (secondary N) is 2. The largest absolute Gasteiger partial charge is 0.490 e. The molecule has 0 bridgehead atoms. The molecule has 7 heteroatoms. The fraction of sp³-hybridized carbons (Fsp3) is 0.600. The number of hydrogen-bond acceptors (Lipinski definition) is 6. The van der Waals surface area contributed by atoms with Crippen molar-refractivity contribution in [3.63, 3.8) is 0 Å². The Morgan fingerprint density at radius 2 is 2.00 bits per heavy atom. The first-order chi connectivity index (χ1) is 8.19. The van der Waals surface area contributed by atoms with E-state index < -0.39 is 10.8 Å². The molecule has 0 amide bonds. The quantitative estimate of drug-likeness (QED) is 0.750. The van der Waals surface area contributed by atoms with Crippen LogP contribution in [0.3, 0.4) is 0 Å². The van der Waals surface area contributed by atoms with E-state index in [1.54, 1.807) is 13.4 Å². The van der Waals surface area contributed by atoms with E-state index >= 15 is 0 Å². The molecule has 96 valence electrons. The van der Waals surface area contributed by atoms with Crippen LogP contribution < -0.4 is 15.4 Å². The van der Waals surface area contributed by atoms with Gasteiger partial charge >= 0.3 is 0 Å². The van der Waals surface area contributed by atoms with Gasteiger partial charge in [-0.15, -0.1) is 0 Å². The van der Waals surface area contributed by atoms with Crippen LogP contribution >= 0.6 is 0 Å². The van der Waals surface area contributed by atoms with Gasteiger partial charge < -0.3 is 15.4 Å². The molecule has 17 heavy (non-hydrogen) atoms. The Hall–Kier alpha value is -1.37. The summed E-state index contributed by atoms with van der Waals surface area (Å²) in [6.45, 7) is 3.32. The fourth-order valence-electron chi connectivity index (χ4n) is 1.30. The van der Waals surface area contributed by atoms with Crippen LogP contribution in [-0.4, -0.2) is 46.4 Å². The molecule has 2 N–H and O–H groups in total. The van der Waals surface area contributed by atoms with E-state index in [4.69, 9.17) is 4.74 Å². The van der Waals surface area contributed by atoms with Gasteiger partial charge in [0.15, 0.2) is 11.6 Å². The van der Waals surface area contributed by atoms with Gasteiger partial charge in [0.1, 0.15) is 6.33 Å². The number of hydrogen-bond donors (Lipinski definition) is 2. The van der Waals surface area contributed by atoms with Crippen molar-refractivity contribution in [1.29, 1.82) is 0 Å². The highest BCUT2D eigenvalue weighted by Gasteiger charge is 2.10. The molecule has 0 aliphatic carbocycles. The molecule has 6 nitrogen and oxygen atoms in total. The maximum atomic E-state index is 11.0. The van der Waals surface area contributed by atoms with Crippen molar-refractivity contribution in [1.82, 2.24) is 9.97 Å². The van der Waals surface area contributed by atoms with Gasteiger partial charge in [0, 0.05) is 35.9 Å². The first-order valence-electron chi connectivity index (χ1n) is 5.35. The Bertz CT molecular complexity index is 387. The van der Waals surface area contributed by atoms with Crippen molar-refractivity contribution < 1.29 is 8.95 Å². The van der Waals surface area contributed by atoms with Gasteiger partial charge in [0.05, 0.1) is 7.11 Å². The van der Waals surface area contributed by atoms with Gasteiger partial charge in [-0.1, -0.05) is 0 Å². The van der Waals surface area contributed by atoms with Crippen LogP contribution in [0, 0.1) is 0 Å². The Morgan fingerprint density at radius 3 is 2.53 bits per heavy atom. The van der Waals surface area contributed by atoms with Gasteiger partial charge in [-0.05, 0) is 6.92 Å². The minimum absolute atomic E-state index is 0.573. The molecule has 0 spiro atoms. The fourth-order valence-corrected chi connectivity index (χ4v) is 1.69. The van der Waals surface area contributed by atoms with E-state index in [9.17, 15) is 4.21 Å². The first kappa shape index (κ1) is 13.7. The standard InChI is InChI=1S/C10H18N4O2S/c1-4-11-9-8(16-2)10(14-7-13-9)12-5-6-17(3)15/h7H,4-6H2,1-3H3,(H2,11,12,13,14). The summed E-state index contributed by atoms with van der Waals surface area (Å²) in [5.41, 5.74) is 0. The molecule has 1 atom stereocenters. The number of rotatable bonds is 7. The summed E-state index contributed by atoms with van der Waals surface area (Å²) in [7, 11) is 0.753. The average molecular weight is 258 g/mol. The van der Waals surface area contributed by atoms with Crippen molar-refractivity contribution in [3.05, 3.63) is 6.33 Å². The minimum Gasteiger partial charge on any atom is -0.490 e. The zero-order chi connectivity index (χ0) is 12.7. The molecular formula is C10H18N4O2S. The summed E-state index contributed by atoms with van der Waals surface area (Å²) in [5.74, 6) is 2.43. The molecule has 1 heterocycles. The van der Waals surface area contributed by atoms with Gasteiger partial charge in [-0.3, -0.25) is 4.21 Å². The molecule has 0 aliphatic rings. The maximum Gasteiger partial charge on any atom is 0.204 e. The van der Waals surface area contributed by atoms with Crippen LogP contribution in [0.5, 0.6) is 5.75 Å². The van der Waals surface area contributed by atoms with Crippen LogP contribution in [-0.2, 0) is 10.8 Å². The highest BCUT2D eigenvalue weighted by atomic mass is 32.2. The van der Waals surface area contributed by atoms with Crippen molar-refractivity contribution in [2.75, 3.05) is 42.8 Å². The topological polar surface area (TPSA) is 76.1 Å². The van der Waals surface area contributed by atoms with Crippen LogP contribution in [0.2, 0.25) is 0 Å². The molecule has 0 aromatic carbocycles. The van der Waals surface area contributed by atoms with E-state index in [1.807, 2.05) is 6.92 Å². The lowest BCUT2D eigenvalue weighted by Gasteiger charge is -2.13. The van der Waals surface area contributed by atoms with Crippen molar-refractivity contribution >= 4 is 22.4 Å². The summed E-state index contributed by atoms with van der Waals surface area (Å²) in [5, 5.41) is 6.18. The van der Waals surface area contributed by atoms with Crippen LogP contribution in [0.15, 0.2) is 6.33 Å². The van der Waals surface area contributed by atoms with Crippen molar-refractivity contribution in [3.8, 4) is 5.75 Å². The molecule has 1 aromatic rings. The maximum absolute atomic E-state index is 11.0. The summed E-state index contributed by atoms with van der Waals surface area (Å²) >= 11 is 0. The minimum atomic E-state index is -0.819. The lowest BCUT2D eigenvalue weighted by atomic mass is 10.4. The van der Waals surface area contributed by atoms with Crippen molar-refractivity contribution in [2.45, 2.75) is 6.92 Å². The van der Waals surface area contributed by atoms with Gasteiger partial charge in [0.2, 0.25) is 5.75 Å². The van der Waals surface area contributed by atoms with E-state index in [-0.39, 0.29) is 0 Å². The third kappa shape index (κ3) is 4.18. The van der Waals surface area contributed by atoms with Gasteiger partial charge in [-0.2, -0.15) is 0 Å². The molecular weight excluding hydrogens is 240 g/mol. The summed E-state index contributed by atoms with van der Waals surface area (Å²) in [6.07, 6.45) is 3.13. The van der Waals surface area contributed by atoms with E-state index in [2.05, 4.69) is 20.6 Å². The zero-order valence-corrected chi connectivity index (χ0v) is 11.1. The van der Waals surface area contributed by atoms with Crippen LogP contribution in [0.1, 0.15) is 6.92 Å².